The van der Waals surface area contributed by atoms with Crippen LogP contribution in [0.3, 0.4) is 0 Å². The Kier molecular flexibility index (Phi) is 7.43. The second-order valence-electron chi connectivity index (χ2n) is 10.2. The third-order valence-corrected chi connectivity index (χ3v) is 7.17. The Balaban J connectivity index is 1.29. The zero-order valence-electron chi connectivity index (χ0n) is 23.1. The maximum Gasteiger partial charge on any atom is 0.268 e. The number of aromatic amines is 1. The molecular weight excluding hydrogens is 555 g/mol. The minimum absolute atomic E-state index is 0.0897. The average Bonchev–Trinajstić information content (AvgIpc) is 3.42. The molecule has 1 atom stereocenters. The standard InChI is InChI=1S/C31H27FN6O5/c1-17(16-39)34-29-27-26(12-13-33-28(27)36-37-29)43-25-11-10-18(14-22(25)32)35-30(41)21-15-20-23(8-5-9-24(20)40)38(31(21)42)19-6-3-2-4-7-19/h2-4,6-7,10-15,17,39H,5,8-9,16H2,1H3,(H,35,41)(H2,33,34,36,37)/t17-/m1/s1. The van der Waals surface area contributed by atoms with E-state index in [1.165, 1.54) is 29.0 Å². The van der Waals surface area contributed by atoms with Crippen molar-refractivity contribution >= 4 is 34.2 Å². The van der Waals surface area contributed by atoms with E-state index in [1.807, 2.05) is 6.07 Å². The van der Waals surface area contributed by atoms with Crippen molar-refractivity contribution in [3.05, 3.63) is 99.9 Å². The summed E-state index contributed by atoms with van der Waals surface area (Å²) in [6.07, 6.45) is 2.95. The first-order chi connectivity index (χ1) is 20.8. The van der Waals surface area contributed by atoms with E-state index in [9.17, 15) is 19.5 Å². The molecule has 0 unspecified atom stereocenters. The number of rotatable bonds is 8. The van der Waals surface area contributed by atoms with Gasteiger partial charge in [-0.05, 0) is 50.1 Å². The summed E-state index contributed by atoms with van der Waals surface area (Å²) in [6.45, 7) is 1.64. The van der Waals surface area contributed by atoms with Crippen LogP contribution in [-0.2, 0) is 6.42 Å². The van der Waals surface area contributed by atoms with Crippen LogP contribution >= 0.6 is 0 Å². The van der Waals surface area contributed by atoms with Crippen LogP contribution in [0.4, 0.5) is 15.9 Å². The van der Waals surface area contributed by atoms with Gasteiger partial charge >= 0.3 is 0 Å². The summed E-state index contributed by atoms with van der Waals surface area (Å²) in [5, 5.41) is 22.4. The number of carbonyl (C=O) groups is 2. The van der Waals surface area contributed by atoms with Crippen LogP contribution in [0, 0.1) is 5.82 Å². The zero-order valence-corrected chi connectivity index (χ0v) is 23.1. The molecule has 0 fully saturated rings. The molecular formula is C31H27FN6O5. The topological polar surface area (TPSA) is 151 Å². The number of anilines is 2. The molecule has 0 saturated heterocycles. The Morgan fingerprint density at radius 2 is 1.93 bits per heavy atom. The van der Waals surface area contributed by atoms with E-state index in [0.29, 0.717) is 53.1 Å². The highest BCUT2D eigenvalue weighted by Gasteiger charge is 2.26. The van der Waals surface area contributed by atoms with Gasteiger partial charge in [0.05, 0.1) is 6.61 Å². The number of amides is 1. The van der Waals surface area contributed by atoms with E-state index in [1.54, 1.807) is 37.3 Å². The number of nitrogens with one attached hydrogen (secondary N) is 3. The van der Waals surface area contributed by atoms with Crippen molar-refractivity contribution in [1.82, 2.24) is 19.7 Å². The summed E-state index contributed by atoms with van der Waals surface area (Å²) >= 11 is 0. The highest BCUT2D eigenvalue weighted by atomic mass is 19.1. The Morgan fingerprint density at radius 1 is 1.12 bits per heavy atom. The molecule has 0 aliphatic heterocycles. The molecule has 1 amide bonds. The molecule has 3 aromatic heterocycles. The number of fused-ring (bicyclic) bond motifs is 2. The van der Waals surface area contributed by atoms with Gasteiger partial charge in [-0.25, -0.2) is 9.37 Å². The van der Waals surface area contributed by atoms with Crippen LogP contribution in [-0.4, -0.2) is 49.2 Å². The molecule has 6 rings (SSSR count). The minimum Gasteiger partial charge on any atom is -0.453 e. The Bertz CT molecular complexity index is 1920. The summed E-state index contributed by atoms with van der Waals surface area (Å²) in [5.74, 6) is -1.16. The number of para-hydroxylation sites is 1. The average molecular weight is 583 g/mol. The van der Waals surface area contributed by atoms with Crippen molar-refractivity contribution in [2.45, 2.75) is 32.2 Å². The van der Waals surface area contributed by atoms with Crippen LogP contribution in [0.25, 0.3) is 16.7 Å². The third kappa shape index (κ3) is 5.35. The number of Topliss-reactive ketones (excluding diaryl/α,β-unsaturated/α-hetero) is 1. The fraction of sp³-hybridized carbons (Fsp3) is 0.194. The summed E-state index contributed by atoms with van der Waals surface area (Å²) in [7, 11) is 0. The molecule has 0 saturated carbocycles. The van der Waals surface area contributed by atoms with Crippen LogP contribution in [0.5, 0.6) is 11.5 Å². The Hall–Kier alpha value is -5.36. The van der Waals surface area contributed by atoms with Crippen LogP contribution in [0.2, 0.25) is 0 Å². The maximum absolute atomic E-state index is 15.2. The van der Waals surface area contributed by atoms with E-state index in [0.717, 1.165) is 6.07 Å². The molecule has 5 aromatic rings. The first kappa shape index (κ1) is 27.8. The number of aliphatic hydroxyl groups is 1. The molecule has 0 radical (unpaired) electrons. The third-order valence-electron chi connectivity index (χ3n) is 7.17. The van der Waals surface area contributed by atoms with Gasteiger partial charge in [0.15, 0.2) is 28.8 Å². The largest absolute Gasteiger partial charge is 0.453 e. The van der Waals surface area contributed by atoms with Gasteiger partial charge in [0.25, 0.3) is 11.5 Å². The van der Waals surface area contributed by atoms with E-state index in [4.69, 9.17) is 4.74 Å². The molecule has 3 heterocycles. The fourth-order valence-corrected chi connectivity index (χ4v) is 5.07. The van der Waals surface area contributed by atoms with Gasteiger partial charge in [0, 0.05) is 53.4 Å². The number of hydrogen-bond acceptors (Lipinski definition) is 8. The molecule has 0 bridgehead atoms. The Morgan fingerprint density at radius 3 is 2.70 bits per heavy atom. The molecule has 12 heteroatoms. The first-order valence-corrected chi connectivity index (χ1v) is 13.7. The number of pyridine rings is 2. The SMILES string of the molecule is C[C@H](CO)Nc1n[nH]c2nccc(Oc3ccc(NC(=O)c4cc5c(n(-c6ccccc6)c4=O)CCCC5=O)cc3F)c12. The van der Waals surface area contributed by atoms with Crippen LogP contribution in [0.1, 0.15) is 46.2 Å². The number of aromatic nitrogens is 4. The summed E-state index contributed by atoms with van der Waals surface area (Å²) in [4.78, 5) is 43.9. The first-order valence-electron chi connectivity index (χ1n) is 13.7. The molecule has 4 N–H and O–H groups in total. The van der Waals surface area contributed by atoms with Gasteiger partial charge in [-0.2, -0.15) is 5.10 Å². The number of hydrogen-bond donors (Lipinski definition) is 4. The van der Waals surface area contributed by atoms with Gasteiger partial charge in [-0.3, -0.25) is 24.0 Å². The summed E-state index contributed by atoms with van der Waals surface area (Å²) in [6, 6.07) is 15.3. The number of ether oxygens (including phenoxy) is 1. The normalized spacial score (nSPS) is 13.4. The molecule has 1 aliphatic rings. The lowest BCUT2D eigenvalue weighted by molar-refractivity contribution is 0.0971. The highest BCUT2D eigenvalue weighted by Crippen LogP contribution is 2.34. The van der Waals surface area contributed by atoms with Crippen molar-refractivity contribution in [2.75, 3.05) is 17.2 Å². The zero-order chi connectivity index (χ0) is 30.1. The van der Waals surface area contributed by atoms with Gasteiger partial charge in [0.2, 0.25) is 0 Å². The molecule has 43 heavy (non-hydrogen) atoms. The molecule has 0 spiro atoms. The van der Waals surface area contributed by atoms with Gasteiger partial charge in [-0.15, -0.1) is 0 Å². The van der Waals surface area contributed by atoms with Crippen molar-refractivity contribution in [1.29, 1.82) is 0 Å². The van der Waals surface area contributed by atoms with E-state index < -0.39 is 17.3 Å². The molecule has 11 nitrogen and oxygen atoms in total. The molecule has 218 valence electrons. The Labute approximate surface area is 244 Å². The lowest BCUT2D eigenvalue weighted by Crippen LogP contribution is -2.33. The van der Waals surface area contributed by atoms with Crippen molar-refractivity contribution < 1.29 is 23.8 Å². The van der Waals surface area contributed by atoms with Gasteiger partial charge < -0.3 is 20.5 Å². The number of benzene rings is 2. The van der Waals surface area contributed by atoms with E-state index in [-0.39, 0.29) is 41.2 Å². The van der Waals surface area contributed by atoms with Crippen LogP contribution < -0.4 is 20.9 Å². The van der Waals surface area contributed by atoms with Gasteiger partial charge in [0.1, 0.15) is 16.7 Å². The summed E-state index contributed by atoms with van der Waals surface area (Å²) < 4.78 is 22.5. The lowest BCUT2D eigenvalue weighted by atomic mass is 9.92. The number of halogens is 1. The van der Waals surface area contributed by atoms with E-state index >= 15 is 4.39 Å². The second kappa shape index (κ2) is 11.5. The van der Waals surface area contributed by atoms with Crippen molar-refractivity contribution in [3.8, 4) is 17.2 Å². The lowest BCUT2D eigenvalue weighted by Gasteiger charge is -2.21. The highest BCUT2D eigenvalue weighted by molar-refractivity contribution is 6.07. The van der Waals surface area contributed by atoms with Crippen LogP contribution in [0.15, 0.2) is 71.7 Å². The second-order valence-corrected chi connectivity index (χ2v) is 10.2. The smallest absolute Gasteiger partial charge is 0.268 e. The fourth-order valence-electron chi connectivity index (χ4n) is 5.07. The van der Waals surface area contributed by atoms with Gasteiger partial charge in [-0.1, -0.05) is 18.2 Å². The minimum atomic E-state index is -0.771. The monoisotopic (exact) mass is 582 g/mol. The number of nitrogens with zero attached hydrogens (tertiary/aromatic N) is 3. The van der Waals surface area contributed by atoms with E-state index in [2.05, 4.69) is 25.8 Å². The quantitative estimate of drug-likeness (QED) is 0.207. The molecule has 2 aromatic carbocycles. The number of ketones is 1. The maximum atomic E-state index is 15.2. The summed E-state index contributed by atoms with van der Waals surface area (Å²) in [5.41, 5.74) is 1.15. The predicted octanol–water partition coefficient (Wildman–Crippen LogP) is 4.60. The van der Waals surface area contributed by atoms with Crippen molar-refractivity contribution in [2.24, 2.45) is 0 Å². The number of carbonyl (C=O) groups excluding carboxylic acids is 2. The number of H-pyrrole nitrogens is 1. The predicted molar refractivity (Wildman–Crippen MR) is 158 cm³/mol. The van der Waals surface area contributed by atoms with Crippen molar-refractivity contribution in [3.63, 3.8) is 0 Å². The number of aliphatic hydroxyl groups excluding tert-OH is 1. The molecule has 1 aliphatic carbocycles.